The Morgan fingerprint density at radius 1 is 0.971 bits per heavy atom. The lowest BCUT2D eigenvalue weighted by Crippen LogP contribution is -2.18. The van der Waals surface area contributed by atoms with E-state index in [1.165, 1.54) is 18.2 Å². The van der Waals surface area contributed by atoms with Gasteiger partial charge in [0.25, 0.3) is 0 Å². The molecule has 0 saturated carbocycles. The van der Waals surface area contributed by atoms with Crippen molar-refractivity contribution in [1.29, 1.82) is 0 Å². The van der Waals surface area contributed by atoms with Crippen LogP contribution >= 0.6 is 23.2 Å². The van der Waals surface area contributed by atoms with Gasteiger partial charge in [-0.05, 0) is 35.9 Å². The average Bonchev–Trinajstić information content (AvgIpc) is 3.45. The third kappa shape index (κ3) is 4.33. The molecule has 0 bridgehead atoms. The molecule has 5 aromatic rings. The molecule has 0 aliphatic carbocycles. The lowest BCUT2D eigenvalue weighted by atomic mass is 10.0. The van der Waals surface area contributed by atoms with Crippen LogP contribution < -0.4 is 0 Å². The summed E-state index contributed by atoms with van der Waals surface area (Å²) in [7, 11) is 0. The molecule has 35 heavy (non-hydrogen) atoms. The lowest BCUT2D eigenvalue weighted by Gasteiger charge is -2.15. The Hall–Kier alpha value is -3.55. The van der Waals surface area contributed by atoms with E-state index in [1.807, 2.05) is 0 Å². The number of hydrogen-bond acceptors (Lipinski definition) is 3. The largest absolute Gasteiger partial charge is 0.433 e. The van der Waals surface area contributed by atoms with Crippen LogP contribution in [0, 0.1) is 0 Å². The van der Waals surface area contributed by atoms with Gasteiger partial charge in [0.1, 0.15) is 5.69 Å². The summed E-state index contributed by atoms with van der Waals surface area (Å²) in [6, 6.07) is 19.5. The minimum atomic E-state index is -4.84. The fourth-order valence-corrected chi connectivity index (χ4v) is 4.50. The van der Waals surface area contributed by atoms with E-state index >= 15 is 0 Å². The van der Waals surface area contributed by atoms with Gasteiger partial charge in [-0.25, -0.2) is 4.98 Å². The van der Waals surface area contributed by atoms with Crippen LogP contribution in [-0.2, 0) is 12.7 Å². The Labute approximate surface area is 207 Å². The molecule has 2 aromatic heterocycles. The number of halogens is 5. The van der Waals surface area contributed by atoms with Gasteiger partial charge in [-0.2, -0.15) is 13.2 Å². The zero-order chi connectivity index (χ0) is 24.7. The van der Waals surface area contributed by atoms with Crippen molar-refractivity contribution in [2.75, 3.05) is 0 Å². The number of rotatable bonds is 5. The molecule has 0 N–H and O–H groups in total. The maximum atomic E-state index is 14.5. The molecule has 2 heterocycles. The second kappa shape index (κ2) is 8.91. The quantitative estimate of drug-likeness (QED) is 0.224. The first-order valence-corrected chi connectivity index (χ1v) is 11.2. The monoisotopic (exact) mass is 514 g/mol. The van der Waals surface area contributed by atoms with E-state index in [0.29, 0.717) is 16.1 Å². The van der Waals surface area contributed by atoms with E-state index in [2.05, 4.69) is 4.98 Å². The number of nitrogens with zero attached hydrogens (tertiary/aromatic N) is 2. The predicted octanol–water partition coefficient (Wildman–Crippen LogP) is 7.90. The SMILES string of the molecule is O=C(c1cnc(-c2ccccc2)o1)c1c(C(F)(F)F)n(Cc2ccc(Cl)cc2Cl)c2ccccc12. The third-order valence-corrected chi connectivity index (χ3v) is 6.15. The minimum Gasteiger partial charge on any atom is -0.433 e. The Morgan fingerprint density at radius 3 is 2.40 bits per heavy atom. The van der Waals surface area contributed by atoms with Gasteiger partial charge in [-0.1, -0.05) is 65.7 Å². The highest BCUT2D eigenvalue weighted by Gasteiger charge is 2.42. The molecule has 0 aliphatic heterocycles. The molecule has 9 heteroatoms. The van der Waals surface area contributed by atoms with Gasteiger partial charge in [0, 0.05) is 33.1 Å². The number of hydrogen-bond donors (Lipinski definition) is 0. The molecule has 0 saturated heterocycles. The highest BCUT2D eigenvalue weighted by molar-refractivity contribution is 6.35. The summed E-state index contributed by atoms with van der Waals surface area (Å²) in [5.74, 6) is -1.06. The number of carbonyl (C=O) groups is 1. The van der Waals surface area contributed by atoms with Crippen molar-refractivity contribution in [2.24, 2.45) is 0 Å². The molecule has 0 unspecified atom stereocenters. The highest BCUT2D eigenvalue weighted by atomic mass is 35.5. The van der Waals surface area contributed by atoms with Gasteiger partial charge < -0.3 is 8.98 Å². The molecule has 176 valence electrons. The first-order valence-electron chi connectivity index (χ1n) is 10.4. The zero-order valence-corrected chi connectivity index (χ0v) is 19.3. The number of fused-ring (bicyclic) bond motifs is 1. The van der Waals surface area contributed by atoms with Crippen molar-refractivity contribution in [1.82, 2.24) is 9.55 Å². The van der Waals surface area contributed by atoms with Crippen LogP contribution in [0.15, 0.2) is 83.4 Å². The highest BCUT2D eigenvalue weighted by Crippen LogP contribution is 2.40. The molecule has 0 amide bonds. The van der Waals surface area contributed by atoms with Crippen LogP contribution in [0.5, 0.6) is 0 Å². The molecule has 3 aromatic carbocycles. The predicted molar refractivity (Wildman–Crippen MR) is 128 cm³/mol. The Kier molecular flexibility index (Phi) is 5.91. The lowest BCUT2D eigenvalue weighted by molar-refractivity contribution is -0.143. The van der Waals surface area contributed by atoms with E-state index in [-0.39, 0.29) is 34.1 Å². The van der Waals surface area contributed by atoms with Gasteiger partial charge in [-0.3, -0.25) is 4.79 Å². The van der Waals surface area contributed by atoms with Crippen molar-refractivity contribution in [2.45, 2.75) is 12.7 Å². The molecule has 0 fully saturated rings. The van der Waals surface area contributed by atoms with Crippen LogP contribution in [0.25, 0.3) is 22.4 Å². The third-order valence-electron chi connectivity index (χ3n) is 5.56. The number of ketones is 1. The summed E-state index contributed by atoms with van der Waals surface area (Å²) in [4.78, 5) is 17.6. The smallest absolute Gasteiger partial charge is 0.432 e. The van der Waals surface area contributed by atoms with E-state index in [0.717, 1.165) is 10.8 Å². The molecule has 0 atom stereocenters. The summed E-state index contributed by atoms with van der Waals surface area (Å²) >= 11 is 12.2. The van der Waals surface area contributed by atoms with Gasteiger partial charge in [-0.15, -0.1) is 0 Å². The average molecular weight is 515 g/mol. The summed E-state index contributed by atoms with van der Waals surface area (Å²) < 4.78 is 50.1. The standard InChI is InChI=1S/C26H15Cl2F3N2O2/c27-17-11-10-16(19(28)12-17)14-33-20-9-5-4-8-18(20)22(24(33)26(29,30)31)23(34)21-13-32-25(35-21)15-6-2-1-3-7-15/h1-13H,14H2. The zero-order valence-electron chi connectivity index (χ0n) is 17.8. The number of aromatic nitrogens is 2. The fourth-order valence-electron chi connectivity index (χ4n) is 4.03. The number of benzene rings is 3. The molecule has 0 spiro atoms. The van der Waals surface area contributed by atoms with Crippen LogP contribution in [-0.4, -0.2) is 15.3 Å². The Balaban J connectivity index is 1.68. The van der Waals surface area contributed by atoms with Gasteiger partial charge in [0.15, 0.2) is 5.76 Å². The first kappa shape index (κ1) is 23.2. The number of para-hydroxylation sites is 1. The first-order chi connectivity index (χ1) is 16.7. The maximum absolute atomic E-state index is 14.5. The second-order valence-corrected chi connectivity index (χ2v) is 8.63. The number of oxazole rings is 1. The minimum absolute atomic E-state index is 0.138. The molecule has 0 radical (unpaired) electrons. The molecule has 0 aliphatic rings. The summed E-state index contributed by atoms with van der Waals surface area (Å²) in [6.07, 6.45) is -3.70. The number of alkyl halides is 3. The van der Waals surface area contributed by atoms with E-state index < -0.39 is 23.2 Å². The summed E-state index contributed by atoms with van der Waals surface area (Å²) in [5.41, 5.74) is -0.340. The molecular formula is C26H15Cl2F3N2O2. The molecule has 5 rings (SSSR count). The summed E-state index contributed by atoms with van der Waals surface area (Å²) in [5, 5.41) is 0.731. The van der Waals surface area contributed by atoms with E-state index in [9.17, 15) is 18.0 Å². The fraction of sp³-hybridized carbons (Fsp3) is 0.0769. The van der Waals surface area contributed by atoms with Crippen molar-refractivity contribution in [3.63, 3.8) is 0 Å². The van der Waals surface area contributed by atoms with Gasteiger partial charge in [0.05, 0.1) is 11.8 Å². The van der Waals surface area contributed by atoms with E-state index in [4.69, 9.17) is 27.6 Å². The molecule has 4 nitrogen and oxygen atoms in total. The van der Waals surface area contributed by atoms with Gasteiger partial charge in [0.2, 0.25) is 11.7 Å². The van der Waals surface area contributed by atoms with Crippen molar-refractivity contribution >= 4 is 39.9 Å². The topological polar surface area (TPSA) is 48.0 Å². The Bertz CT molecular complexity index is 1560. The van der Waals surface area contributed by atoms with Crippen LogP contribution in [0.1, 0.15) is 27.4 Å². The normalized spacial score (nSPS) is 11.8. The number of carbonyl (C=O) groups excluding carboxylic acids is 1. The van der Waals surface area contributed by atoms with Crippen LogP contribution in [0.4, 0.5) is 13.2 Å². The van der Waals surface area contributed by atoms with Crippen LogP contribution in [0.2, 0.25) is 10.0 Å². The van der Waals surface area contributed by atoms with Crippen molar-refractivity contribution in [3.05, 3.63) is 112 Å². The van der Waals surface area contributed by atoms with Crippen LogP contribution in [0.3, 0.4) is 0 Å². The molecular weight excluding hydrogens is 500 g/mol. The van der Waals surface area contributed by atoms with Crippen molar-refractivity contribution in [3.8, 4) is 11.5 Å². The van der Waals surface area contributed by atoms with E-state index in [1.54, 1.807) is 54.6 Å². The Morgan fingerprint density at radius 2 is 1.69 bits per heavy atom. The van der Waals surface area contributed by atoms with Crippen molar-refractivity contribution < 1.29 is 22.4 Å². The second-order valence-electron chi connectivity index (χ2n) is 7.79. The summed E-state index contributed by atoms with van der Waals surface area (Å²) in [6.45, 7) is -0.218. The van der Waals surface area contributed by atoms with Gasteiger partial charge >= 0.3 is 6.18 Å². The maximum Gasteiger partial charge on any atom is 0.432 e.